The van der Waals surface area contributed by atoms with Crippen LogP contribution in [0, 0.1) is 0 Å². The number of hydrogen-bond donors (Lipinski definition) is 1. The van der Waals surface area contributed by atoms with E-state index in [1.807, 2.05) is 23.9 Å². The fraction of sp³-hybridized carbons (Fsp3) is 0.500. The average Bonchev–Trinajstić information content (AvgIpc) is 2.30. The molecular formula is C12H15F2NOS. The van der Waals surface area contributed by atoms with E-state index in [4.69, 9.17) is 0 Å². The first kappa shape index (κ1) is 12.6. The van der Waals surface area contributed by atoms with Crippen molar-refractivity contribution in [2.24, 2.45) is 0 Å². The molecule has 2 rings (SSSR count). The summed E-state index contributed by atoms with van der Waals surface area (Å²) >= 11 is 1.84. The summed E-state index contributed by atoms with van der Waals surface area (Å²) in [6.07, 6.45) is 0. The normalized spacial score (nSPS) is 24.9. The molecule has 0 bridgehead atoms. The molecule has 0 amide bonds. The van der Waals surface area contributed by atoms with Crippen LogP contribution < -0.4 is 10.1 Å². The molecule has 2 atom stereocenters. The smallest absolute Gasteiger partial charge is 0.387 e. The first-order valence-electron chi connectivity index (χ1n) is 5.55. The fourth-order valence-electron chi connectivity index (χ4n) is 1.86. The zero-order chi connectivity index (χ0) is 12.3. The Morgan fingerprint density at radius 3 is 2.82 bits per heavy atom. The zero-order valence-corrected chi connectivity index (χ0v) is 10.3. The highest BCUT2D eigenvalue weighted by Crippen LogP contribution is 2.32. The molecular weight excluding hydrogens is 244 g/mol. The minimum atomic E-state index is -2.77. The first-order valence-corrected chi connectivity index (χ1v) is 6.60. The largest absolute Gasteiger partial charge is 0.434 e. The van der Waals surface area contributed by atoms with Crippen molar-refractivity contribution in [3.63, 3.8) is 0 Å². The second-order valence-electron chi connectivity index (χ2n) is 4.02. The summed E-state index contributed by atoms with van der Waals surface area (Å²) < 4.78 is 29.1. The van der Waals surface area contributed by atoms with Gasteiger partial charge in [-0.15, -0.1) is 0 Å². The minimum Gasteiger partial charge on any atom is -0.434 e. The maximum Gasteiger partial charge on any atom is 0.387 e. The molecule has 1 aromatic carbocycles. The fourth-order valence-corrected chi connectivity index (χ4v) is 2.89. The van der Waals surface area contributed by atoms with Crippen LogP contribution in [0.15, 0.2) is 24.3 Å². The van der Waals surface area contributed by atoms with E-state index in [0.29, 0.717) is 5.25 Å². The third-order valence-electron chi connectivity index (χ3n) is 2.71. The van der Waals surface area contributed by atoms with Gasteiger partial charge in [0.1, 0.15) is 5.75 Å². The van der Waals surface area contributed by atoms with Crippen LogP contribution in [0.3, 0.4) is 0 Å². The molecule has 0 saturated carbocycles. The van der Waals surface area contributed by atoms with Crippen molar-refractivity contribution < 1.29 is 13.5 Å². The topological polar surface area (TPSA) is 21.3 Å². The van der Waals surface area contributed by atoms with Crippen molar-refractivity contribution in [1.29, 1.82) is 0 Å². The summed E-state index contributed by atoms with van der Waals surface area (Å²) in [6, 6.07) is 7.07. The number of nitrogens with one attached hydrogen (secondary N) is 1. The number of ether oxygens (including phenoxy) is 1. The van der Waals surface area contributed by atoms with E-state index in [2.05, 4.69) is 17.0 Å². The molecule has 0 aliphatic carbocycles. The number of benzene rings is 1. The Labute approximate surface area is 104 Å². The van der Waals surface area contributed by atoms with E-state index in [-0.39, 0.29) is 11.8 Å². The molecule has 1 aliphatic heterocycles. The highest BCUT2D eigenvalue weighted by Gasteiger charge is 2.22. The van der Waals surface area contributed by atoms with Crippen molar-refractivity contribution in [3.8, 4) is 5.75 Å². The molecule has 2 unspecified atom stereocenters. The summed E-state index contributed by atoms with van der Waals surface area (Å²) in [4.78, 5) is 0. The summed E-state index contributed by atoms with van der Waals surface area (Å²) in [5.74, 6) is 1.15. The zero-order valence-electron chi connectivity index (χ0n) is 9.53. The van der Waals surface area contributed by atoms with Gasteiger partial charge in [0.25, 0.3) is 0 Å². The number of alkyl halides is 2. The van der Waals surface area contributed by atoms with Gasteiger partial charge in [-0.3, -0.25) is 0 Å². The van der Waals surface area contributed by atoms with Crippen LogP contribution >= 0.6 is 11.8 Å². The molecule has 0 radical (unpaired) electrons. The molecule has 1 heterocycles. The van der Waals surface area contributed by atoms with Gasteiger partial charge in [-0.05, 0) is 6.07 Å². The number of rotatable bonds is 3. The lowest BCUT2D eigenvalue weighted by atomic mass is 10.1. The predicted molar refractivity (Wildman–Crippen MR) is 65.7 cm³/mol. The second-order valence-corrected chi connectivity index (χ2v) is 5.49. The van der Waals surface area contributed by atoms with Gasteiger partial charge in [0, 0.05) is 29.2 Å². The number of para-hydroxylation sites is 1. The van der Waals surface area contributed by atoms with Crippen molar-refractivity contribution in [3.05, 3.63) is 29.8 Å². The summed E-state index contributed by atoms with van der Waals surface area (Å²) in [6.45, 7) is 0.264. The van der Waals surface area contributed by atoms with Crippen LogP contribution in [0.25, 0.3) is 0 Å². The average molecular weight is 259 g/mol. The molecule has 0 spiro atoms. The van der Waals surface area contributed by atoms with Gasteiger partial charge in [0.15, 0.2) is 0 Å². The quantitative estimate of drug-likeness (QED) is 0.901. The van der Waals surface area contributed by atoms with Crippen molar-refractivity contribution in [2.45, 2.75) is 24.8 Å². The summed E-state index contributed by atoms with van der Waals surface area (Å²) in [5.41, 5.74) is 0.812. The number of hydrogen-bond acceptors (Lipinski definition) is 3. The molecule has 1 fully saturated rings. The van der Waals surface area contributed by atoms with Gasteiger partial charge < -0.3 is 10.1 Å². The SMILES string of the molecule is CC1CNC(c2ccccc2OC(F)F)CS1. The molecule has 5 heteroatoms. The van der Waals surface area contributed by atoms with Gasteiger partial charge in [-0.1, -0.05) is 25.1 Å². The molecule has 1 aromatic rings. The molecule has 1 aliphatic rings. The lowest BCUT2D eigenvalue weighted by Crippen LogP contribution is -2.34. The van der Waals surface area contributed by atoms with Gasteiger partial charge in [-0.2, -0.15) is 20.5 Å². The van der Waals surface area contributed by atoms with Gasteiger partial charge >= 0.3 is 6.61 Å². The van der Waals surface area contributed by atoms with Gasteiger partial charge in [0.05, 0.1) is 0 Å². The van der Waals surface area contributed by atoms with E-state index in [1.165, 1.54) is 0 Å². The van der Waals surface area contributed by atoms with Gasteiger partial charge in [-0.25, -0.2) is 0 Å². The van der Waals surface area contributed by atoms with E-state index >= 15 is 0 Å². The molecule has 0 aromatic heterocycles. The maximum absolute atomic E-state index is 12.3. The van der Waals surface area contributed by atoms with Crippen LogP contribution in [0.1, 0.15) is 18.5 Å². The van der Waals surface area contributed by atoms with Crippen LogP contribution in [0.4, 0.5) is 8.78 Å². The van der Waals surface area contributed by atoms with Crippen LogP contribution in [-0.2, 0) is 0 Å². The Hall–Kier alpha value is -0.810. The molecule has 1 saturated heterocycles. The van der Waals surface area contributed by atoms with Crippen LogP contribution in [0.5, 0.6) is 5.75 Å². The van der Waals surface area contributed by atoms with E-state index in [1.54, 1.807) is 12.1 Å². The Morgan fingerprint density at radius 2 is 2.18 bits per heavy atom. The van der Waals surface area contributed by atoms with Crippen molar-refractivity contribution in [2.75, 3.05) is 12.3 Å². The highest BCUT2D eigenvalue weighted by molar-refractivity contribution is 8.00. The number of thioether (sulfide) groups is 1. The predicted octanol–water partition coefficient (Wildman–Crippen LogP) is 3.05. The Morgan fingerprint density at radius 1 is 1.41 bits per heavy atom. The number of halogens is 2. The summed E-state index contributed by atoms with van der Waals surface area (Å²) in [5, 5.41) is 3.92. The lowest BCUT2D eigenvalue weighted by molar-refractivity contribution is -0.0506. The van der Waals surface area contributed by atoms with Crippen molar-refractivity contribution in [1.82, 2.24) is 5.32 Å². The van der Waals surface area contributed by atoms with Crippen LogP contribution in [-0.4, -0.2) is 24.2 Å². The maximum atomic E-state index is 12.3. The van der Waals surface area contributed by atoms with E-state index in [9.17, 15) is 8.78 Å². The lowest BCUT2D eigenvalue weighted by Gasteiger charge is -2.28. The Kier molecular flexibility index (Phi) is 4.23. The monoisotopic (exact) mass is 259 g/mol. The van der Waals surface area contributed by atoms with Crippen LogP contribution in [0.2, 0.25) is 0 Å². The molecule has 94 valence electrons. The molecule has 2 nitrogen and oxygen atoms in total. The summed E-state index contributed by atoms with van der Waals surface area (Å²) in [7, 11) is 0. The Balaban J connectivity index is 2.14. The third-order valence-corrected chi connectivity index (χ3v) is 3.97. The molecule has 17 heavy (non-hydrogen) atoms. The standard InChI is InChI=1S/C12H15F2NOS/c1-8-6-15-10(7-17-8)9-4-2-3-5-11(9)16-12(13)14/h2-5,8,10,12,15H,6-7H2,1H3. The highest BCUT2D eigenvalue weighted by atomic mass is 32.2. The first-order chi connectivity index (χ1) is 8.16. The molecule has 1 N–H and O–H groups in total. The Bertz CT molecular complexity index is 367. The van der Waals surface area contributed by atoms with E-state index in [0.717, 1.165) is 17.9 Å². The van der Waals surface area contributed by atoms with Crippen molar-refractivity contribution >= 4 is 11.8 Å². The minimum absolute atomic E-state index is 0.0890. The van der Waals surface area contributed by atoms with Gasteiger partial charge in [0.2, 0.25) is 0 Å². The second kappa shape index (κ2) is 5.69. The third kappa shape index (κ3) is 3.33. The van der Waals surface area contributed by atoms with E-state index < -0.39 is 6.61 Å².